The fraction of sp³-hybridized carbons (Fsp3) is 0.125. The molecular formula is C24H18N4OS. The van der Waals surface area contributed by atoms with E-state index in [0.717, 1.165) is 32.3 Å². The van der Waals surface area contributed by atoms with Crippen LogP contribution in [-0.4, -0.2) is 4.98 Å². The van der Waals surface area contributed by atoms with Gasteiger partial charge in [-0.05, 0) is 67.8 Å². The first-order chi connectivity index (χ1) is 14.4. The Balaban J connectivity index is 1.76. The molecule has 30 heavy (non-hydrogen) atoms. The second-order valence-corrected chi connectivity index (χ2v) is 8.15. The van der Waals surface area contributed by atoms with Gasteiger partial charge < -0.3 is 10.2 Å². The van der Waals surface area contributed by atoms with Gasteiger partial charge in [0.2, 0.25) is 0 Å². The number of anilines is 1. The average molecular weight is 411 g/mol. The lowest BCUT2D eigenvalue weighted by Gasteiger charge is -2.10. The molecule has 0 bridgehead atoms. The van der Waals surface area contributed by atoms with Crippen LogP contribution >= 0.6 is 11.8 Å². The molecule has 0 amide bonds. The maximum atomic E-state index is 9.66. The van der Waals surface area contributed by atoms with Crippen LogP contribution in [-0.2, 0) is 0 Å². The van der Waals surface area contributed by atoms with E-state index in [4.69, 9.17) is 10.2 Å². The summed E-state index contributed by atoms with van der Waals surface area (Å²) >= 11 is 1.55. The standard InChI is InChI=1S/C24H18N4OS/c1-13-4-7-17(8-5-13)30-21-9-6-16(29-21)10-18-14(2)19(11-25)23-22(18)15(3)20(12-26)24(27)28-23/h4-10H,1-3H3,(H2,27,28)/b18-10-. The number of allylic oxidation sites excluding steroid dienone is 3. The lowest BCUT2D eigenvalue weighted by Crippen LogP contribution is -2.03. The van der Waals surface area contributed by atoms with Gasteiger partial charge in [0.05, 0.1) is 16.8 Å². The quantitative estimate of drug-likeness (QED) is 0.590. The fourth-order valence-corrected chi connectivity index (χ4v) is 4.31. The highest BCUT2D eigenvalue weighted by molar-refractivity contribution is 7.99. The molecular weight excluding hydrogens is 392 g/mol. The molecule has 0 saturated carbocycles. The van der Waals surface area contributed by atoms with Gasteiger partial charge in [-0.15, -0.1) is 0 Å². The van der Waals surface area contributed by atoms with Gasteiger partial charge in [0.15, 0.2) is 5.09 Å². The van der Waals surface area contributed by atoms with Crippen LogP contribution < -0.4 is 5.73 Å². The smallest absolute Gasteiger partial charge is 0.165 e. The van der Waals surface area contributed by atoms with E-state index in [0.29, 0.717) is 22.6 Å². The van der Waals surface area contributed by atoms with Crippen molar-refractivity contribution in [3.63, 3.8) is 0 Å². The van der Waals surface area contributed by atoms with Gasteiger partial charge >= 0.3 is 0 Å². The summed E-state index contributed by atoms with van der Waals surface area (Å²) in [6, 6.07) is 16.4. The molecule has 4 rings (SSSR count). The van der Waals surface area contributed by atoms with Crippen molar-refractivity contribution in [1.82, 2.24) is 4.98 Å². The summed E-state index contributed by atoms with van der Waals surface area (Å²) in [6.07, 6.45) is 1.89. The van der Waals surface area contributed by atoms with E-state index in [-0.39, 0.29) is 5.82 Å². The number of nitrogen functional groups attached to an aromatic ring is 1. The molecule has 5 nitrogen and oxygen atoms in total. The van der Waals surface area contributed by atoms with Gasteiger partial charge in [-0.2, -0.15) is 10.5 Å². The maximum Gasteiger partial charge on any atom is 0.165 e. The van der Waals surface area contributed by atoms with Crippen LogP contribution in [0.3, 0.4) is 0 Å². The van der Waals surface area contributed by atoms with E-state index in [9.17, 15) is 10.5 Å². The van der Waals surface area contributed by atoms with Crippen molar-refractivity contribution in [2.45, 2.75) is 30.8 Å². The van der Waals surface area contributed by atoms with Crippen molar-refractivity contribution in [2.24, 2.45) is 0 Å². The Morgan fingerprint density at radius 1 is 1.03 bits per heavy atom. The maximum absolute atomic E-state index is 9.66. The van der Waals surface area contributed by atoms with Crippen LogP contribution in [0.1, 0.15) is 40.6 Å². The molecule has 6 heteroatoms. The third kappa shape index (κ3) is 3.28. The predicted octanol–water partition coefficient (Wildman–Crippen LogP) is 5.75. The average Bonchev–Trinajstić information content (AvgIpc) is 3.26. The topological polar surface area (TPSA) is 99.6 Å². The van der Waals surface area contributed by atoms with Crippen LogP contribution in [0.15, 0.2) is 56.4 Å². The molecule has 1 aliphatic rings. The van der Waals surface area contributed by atoms with Crippen molar-refractivity contribution < 1.29 is 4.42 Å². The summed E-state index contributed by atoms with van der Waals surface area (Å²) in [5, 5.41) is 19.9. The molecule has 2 heterocycles. The summed E-state index contributed by atoms with van der Waals surface area (Å²) < 4.78 is 6.00. The van der Waals surface area contributed by atoms with Crippen LogP contribution in [0.25, 0.3) is 17.2 Å². The highest BCUT2D eigenvalue weighted by atomic mass is 32.2. The first-order valence-corrected chi connectivity index (χ1v) is 10.1. The van der Waals surface area contributed by atoms with Crippen molar-refractivity contribution in [2.75, 3.05) is 5.73 Å². The molecule has 1 aromatic carbocycles. The van der Waals surface area contributed by atoms with Crippen LogP contribution in [0.5, 0.6) is 0 Å². The minimum absolute atomic E-state index is 0.144. The van der Waals surface area contributed by atoms with Crippen molar-refractivity contribution >= 4 is 34.8 Å². The molecule has 2 N–H and O–H groups in total. The molecule has 2 aromatic heterocycles. The number of benzene rings is 1. The Bertz CT molecular complexity index is 1310. The molecule has 0 spiro atoms. The Kier molecular flexibility index (Phi) is 4.95. The van der Waals surface area contributed by atoms with E-state index >= 15 is 0 Å². The zero-order valence-electron chi connectivity index (χ0n) is 16.8. The SMILES string of the molecule is CC1=C(C#N)c2nc(N)c(C#N)c(C)c2/C1=C\c1ccc(Sc2ccc(C)cc2)o1. The molecule has 1 aliphatic carbocycles. The number of aryl methyl sites for hydroxylation is 1. The monoisotopic (exact) mass is 410 g/mol. The summed E-state index contributed by atoms with van der Waals surface area (Å²) in [7, 11) is 0. The molecule has 0 fully saturated rings. The summed E-state index contributed by atoms with van der Waals surface area (Å²) in [5.41, 5.74) is 11.6. The first kappa shape index (κ1) is 19.6. The Morgan fingerprint density at radius 2 is 1.77 bits per heavy atom. The molecule has 146 valence electrons. The van der Waals surface area contributed by atoms with Gasteiger partial charge in [-0.25, -0.2) is 4.98 Å². The zero-order chi connectivity index (χ0) is 21.4. The van der Waals surface area contributed by atoms with Crippen molar-refractivity contribution in [3.05, 3.63) is 75.7 Å². The number of hydrogen-bond donors (Lipinski definition) is 1. The zero-order valence-corrected chi connectivity index (χ0v) is 17.6. The van der Waals surface area contributed by atoms with Gasteiger partial charge in [0, 0.05) is 10.5 Å². The van der Waals surface area contributed by atoms with Crippen LogP contribution in [0, 0.1) is 36.5 Å². The summed E-state index contributed by atoms with van der Waals surface area (Å²) in [4.78, 5) is 5.44. The number of nitrogens with zero attached hydrogens (tertiary/aromatic N) is 3. The fourth-order valence-electron chi connectivity index (χ4n) is 3.53. The van der Waals surface area contributed by atoms with Crippen LogP contribution in [0.2, 0.25) is 0 Å². The highest BCUT2D eigenvalue weighted by Crippen LogP contribution is 2.44. The minimum atomic E-state index is 0.144. The molecule has 0 atom stereocenters. The number of rotatable bonds is 3. The number of pyridine rings is 1. The molecule has 0 aliphatic heterocycles. The predicted molar refractivity (Wildman–Crippen MR) is 118 cm³/mol. The lowest BCUT2D eigenvalue weighted by molar-refractivity contribution is 0.466. The van der Waals surface area contributed by atoms with Crippen molar-refractivity contribution in [3.8, 4) is 12.1 Å². The van der Waals surface area contributed by atoms with E-state index in [1.165, 1.54) is 5.56 Å². The number of fused-ring (bicyclic) bond motifs is 1. The van der Waals surface area contributed by atoms with Gasteiger partial charge in [-0.1, -0.05) is 29.5 Å². The molecule has 0 unspecified atom stereocenters. The number of furan rings is 1. The minimum Gasteiger partial charge on any atom is -0.450 e. The van der Waals surface area contributed by atoms with Crippen molar-refractivity contribution in [1.29, 1.82) is 10.5 Å². The first-order valence-electron chi connectivity index (χ1n) is 9.31. The van der Waals surface area contributed by atoms with Crippen LogP contribution in [0.4, 0.5) is 5.82 Å². The van der Waals surface area contributed by atoms with Gasteiger partial charge in [0.1, 0.15) is 23.7 Å². The second kappa shape index (κ2) is 7.59. The third-order valence-electron chi connectivity index (χ3n) is 5.11. The highest BCUT2D eigenvalue weighted by Gasteiger charge is 2.29. The number of aromatic nitrogens is 1. The largest absolute Gasteiger partial charge is 0.450 e. The van der Waals surface area contributed by atoms with E-state index < -0.39 is 0 Å². The summed E-state index contributed by atoms with van der Waals surface area (Å²) in [6.45, 7) is 5.76. The summed E-state index contributed by atoms with van der Waals surface area (Å²) in [5.74, 6) is 0.809. The van der Waals surface area contributed by atoms with Gasteiger partial charge in [0.25, 0.3) is 0 Å². The van der Waals surface area contributed by atoms with E-state index in [1.807, 2.05) is 32.1 Å². The number of hydrogen-bond acceptors (Lipinski definition) is 6. The molecule has 3 aromatic rings. The molecule has 0 radical (unpaired) electrons. The number of nitriles is 2. The Labute approximate surface area is 179 Å². The lowest BCUT2D eigenvalue weighted by atomic mass is 9.96. The molecule has 0 saturated heterocycles. The Morgan fingerprint density at radius 3 is 2.43 bits per heavy atom. The Hall–Kier alpha value is -3.74. The second-order valence-electron chi connectivity index (χ2n) is 7.07. The third-order valence-corrected chi connectivity index (χ3v) is 6.04. The van der Waals surface area contributed by atoms with E-state index in [2.05, 4.69) is 48.3 Å². The normalized spacial score (nSPS) is 14.0. The van der Waals surface area contributed by atoms with E-state index in [1.54, 1.807) is 11.8 Å². The van der Waals surface area contributed by atoms with Gasteiger partial charge in [-0.3, -0.25) is 0 Å². The number of nitrogens with two attached hydrogens (primary N) is 1.